The Morgan fingerprint density at radius 2 is 2.42 bits per heavy atom. The normalized spacial score (nSPS) is 18.3. The van der Waals surface area contributed by atoms with E-state index in [-0.39, 0.29) is 12.0 Å². The van der Waals surface area contributed by atoms with Gasteiger partial charge in [0, 0.05) is 32.1 Å². The summed E-state index contributed by atoms with van der Waals surface area (Å²) in [6, 6.07) is 1.83. The highest BCUT2D eigenvalue weighted by molar-refractivity contribution is 5.94. The zero-order valence-corrected chi connectivity index (χ0v) is 11.3. The highest BCUT2D eigenvalue weighted by Gasteiger charge is 2.15. The minimum atomic E-state index is -0.0740. The van der Waals surface area contributed by atoms with Crippen molar-refractivity contribution in [3.8, 4) is 0 Å². The zero-order chi connectivity index (χ0) is 13.5. The van der Waals surface area contributed by atoms with Crippen molar-refractivity contribution in [3.63, 3.8) is 0 Å². The first-order chi connectivity index (χ1) is 9.29. The quantitative estimate of drug-likeness (QED) is 0.821. The van der Waals surface area contributed by atoms with Gasteiger partial charge in [0.15, 0.2) is 0 Å². The minimum absolute atomic E-state index is 0.0740. The fourth-order valence-corrected chi connectivity index (χ4v) is 2.04. The van der Waals surface area contributed by atoms with Gasteiger partial charge in [0.05, 0.1) is 17.4 Å². The summed E-state index contributed by atoms with van der Waals surface area (Å²) in [4.78, 5) is 15.9. The van der Waals surface area contributed by atoms with Crippen LogP contribution in [0.1, 0.15) is 36.5 Å². The third-order valence-electron chi connectivity index (χ3n) is 3.09. The number of carbonyl (C=O) groups is 1. The van der Waals surface area contributed by atoms with Crippen LogP contribution >= 0.6 is 0 Å². The number of hydrogen-bond donors (Lipinski definition) is 2. The molecular formula is C14H21N3O2. The molecule has 1 aliphatic heterocycles. The lowest BCUT2D eigenvalue weighted by Gasteiger charge is -2.12. The van der Waals surface area contributed by atoms with Crippen LogP contribution in [0.15, 0.2) is 18.5 Å². The van der Waals surface area contributed by atoms with Crippen LogP contribution in [-0.4, -0.2) is 36.7 Å². The zero-order valence-electron chi connectivity index (χ0n) is 11.3. The molecule has 1 unspecified atom stereocenters. The highest BCUT2D eigenvalue weighted by atomic mass is 16.5. The Labute approximate surface area is 113 Å². The molecule has 2 heterocycles. The van der Waals surface area contributed by atoms with Crippen LogP contribution in [-0.2, 0) is 4.74 Å². The summed E-state index contributed by atoms with van der Waals surface area (Å²) in [6.45, 7) is 4.33. The van der Waals surface area contributed by atoms with Crippen LogP contribution in [0.3, 0.4) is 0 Å². The number of ether oxygens (including phenoxy) is 1. The summed E-state index contributed by atoms with van der Waals surface area (Å²) >= 11 is 0. The van der Waals surface area contributed by atoms with E-state index in [4.69, 9.17) is 4.74 Å². The van der Waals surface area contributed by atoms with Crippen molar-refractivity contribution in [2.75, 3.05) is 25.0 Å². The second-order valence-corrected chi connectivity index (χ2v) is 4.73. The number of nitrogens with one attached hydrogen (secondary N) is 2. The molecule has 1 aromatic rings. The SMILES string of the molecule is CCCNC(=O)c1cncc(NCC2CCCO2)c1. The number of carbonyl (C=O) groups excluding carboxylic acids is 1. The maximum Gasteiger partial charge on any atom is 0.252 e. The number of rotatable bonds is 6. The highest BCUT2D eigenvalue weighted by Crippen LogP contribution is 2.14. The molecule has 1 fully saturated rings. The molecule has 2 N–H and O–H groups in total. The molecule has 1 amide bonds. The Hall–Kier alpha value is -1.62. The predicted molar refractivity (Wildman–Crippen MR) is 74.3 cm³/mol. The van der Waals surface area contributed by atoms with Crippen molar-refractivity contribution in [1.29, 1.82) is 0 Å². The number of hydrogen-bond acceptors (Lipinski definition) is 4. The van der Waals surface area contributed by atoms with Gasteiger partial charge in [-0.15, -0.1) is 0 Å². The molecule has 104 valence electrons. The molecule has 19 heavy (non-hydrogen) atoms. The molecule has 0 radical (unpaired) electrons. The van der Waals surface area contributed by atoms with Crippen molar-refractivity contribution in [3.05, 3.63) is 24.0 Å². The predicted octanol–water partition coefficient (Wildman–Crippen LogP) is 1.81. The maximum atomic E-state index is 11.8. The summed E-state index contributed by atoms with van der Waals surface area (Å²) in [5.74, 6) is -0.0740. The second kappa shape index (κ2) is 7.09. The first-order valence-corrected chi connectivity index (χ1v) is 6.88. The van der Waals surface area contributed by atoms with E-state index in [1.165, 1.54) is 0 Å². The van der Waals surface area contributed by atoms with Crippen molar-refractivity contribution in [2.45, 2.75) is 32.3 Å². The van der Waals surface area contributed by atoms with Crippen LogP contribution in [0.25, 0.3) is 0 Å². The van der Waals surface area contributed by atoms with Crippen molar-refractivity contribution >= 4 is 11.6 Å². The third kappa shape index (κ3) is 4.21. The molecular weight excluding hydrogens is 242 g/mol. The first kappa shape index (κ1) is 13.8. The van der Waals surface area contributed by atoms with Crippen molar-refractivity contribution in [2.24, 2.45) is 0 Å². The first-order valence-electron chi connectivity index (χ1n) is 6.88. The third-order valence-corrected chi connectivity index (χ3v) is 3.09. The number of pyridine rings is 1. The Bertz CT molecular complexity index is 417. The van der Waals surface area contributed by atoms with E-state index in [2.05, 4.69) is 15.6 Å². The van der Waals surface area contributed by atoms with Gasteiger partial charge in [0.1, 0.15) is 0 Å². The van der Waals surface area contributed by atoms with Crippen LogP contribution in [0.4, 0.5) is 5.69 Å². The van der Waals surface area contributed by atoms with Gasteiger partial charge in [-0.2, -0.15) is 0 Å². The molecule has 0 spiro atoms. The lowest BCUT2D eigenvalue weighted by Crippen LogP contribution is -2.24. The minimum Gasteiger partial charge on any atom is -0.381 e. The Balaban J connectivity index is 1.88. The lowest BCUT2D eigenvalue weighted by molar-refractivity contribution is 0.0953. The molecule has 2 rings (SSSR count). The molecule has 1 atom stereocenters. The van der Waals surface area contributed by atoms with Crippen LogP contribution in [0.2, 0.25) is 0 Å². The van der Waals surface area contributed by atoms with Crippen LogP contribution in [0.5, 0.6) is 0 Å². The number of amides is 1. The molecule has 1 saturated heterocycles. The van der Waals surface area contributed by atoms with E-state index < -0.39 is 0 Å². The van der Waals surface area contributed by atoms with E-state index >= 15 is 0 Å². The Morgan fingerprint density at radius 3 is 3.16 bits per heavy atom. The molecule has 0 aromatic carbocycles. The van der Waals surface area contributed by atoms with E-state index in [0.29, 0.717) is 12.1 Å². The second-order valence-electron chi connectivity index (χ2n) is 4.73. The van der Waals surface area contributed by atoms with Gasteiger partial charge in [0.2, 0.25) is 0 Å². The monoisotopic (exact) mass is 263 g/mol. The van der Waals surface area contributed by atoms with E-state index in [1.54, 1.807) is 12.4 Å². The fourth-order valence-electron chi connectivity index (χ4n) is 2.04. The molecule has 5 heteroatoms. The summed E-state index contributed by atoms with van der Waals surface area (Å²) in [7, 11) is 0. The van der Waals surface area contributed by atoms with E-state index in [0.717, 1.165) is 38.1 Å². The van der Waals surface area contributed by atoms with E-state index in [9.17, 15) is 4.79 Å². The standard InChI is InChI=1S/C14H21N3O2/c1-2-5-16-14(18)11-7-12(9-15-8-11)17-10-13-4-3-6-19-13/h7-9,13,17H,2-6,10H2,1H3,(H,16,18). The molecule has 0 aliphatic carbocycles. The summed E-state index contributed by atoms with van der Waals surface area (Å²) in [5.41, 5.74) is 1.45. The topological polar surface area (TPSA) is 63.2 Å². The molecule has 1 aromatic heterocycles. The number of anilines is 1. The number of nitrogens with zero attached hydrogens (tertiary/aromatic N) is 1. The summed E-state index contributed by atoms with van der Waals surface area (Å²) in [5, 5.41) is 6.11. The maximum absolute atomic E-state index is 11.8. The average Bonchev–Trinajstić information content (AvgIpc) is 2.96. The van der Waals surface area contributed by atoms with Crippen molar-refractivity contribution in [1.82, 2.24) is 10.3 Å². The van der Waals surface area contributed by atoms with Gasteiger partial charge in [0.25, 0.3) is 5.91 Å². The fraction of sp³-hybridized carbons (Fsp3) is 0.571. The van der Waals surface area contributed by atoms with Gasteiger partial charge in [-0.05, 0) is 25.3 Å². The lowest BCUT2D eigenvalue weighted by atomic mass is 10.2. The molecule has 0 bridgehead atoms. The molecule has 5 nitrogen and oxygen atoms in total. The summed E-state index contributed by atoms with van der Waals surface area (Å²) < 4.78 is 5.54. The van der Waals surface area contributed by atoms with Crippen LogP contribution in [0, 0.1) is 0 Å². The van der Waals surface area contributed by atoms with Gasteiger partial charge >= 0.3 is 0 Å². The van der Waals surface area contributed by atoms with Crippen LogP contribution < -0.4 is 10.6 Å². The van der Waals surface area contributed by atoms with E-state index in [1.807, 2.05) is 13.0 Å². The molecule has 0 saturated carbocycles. The van der Waals surface area contributed by atoms with Gasteiger partial charge in [-0.25, -0.2) is 0 Å². The number of aromatic nitrogens is 1. The summed E-state index contributed by atoms with van der Waals surface area (Å²) in [6.07, 6.45) is 6.74. The Kier molecular flexibility index (Phi) is 5.15. The van der Waals surface area contributed by atoms with Crippen molar-refractivity contribution < 1.29 is 9.53 Å². The Morgan fingerprint density at radius 1 is 1.53 bits per heavy atom. The van der Waals surface area contributed by atoms with Gasteiger partial charge in [-0.1, -0.05) is 6.92 Å². The largest absolute Gasteiger partial charge is 0.381 e. The van der Waals surface area contributed by atoms with Gasteiger partial charge < -0.3 is 15.4 Å². The molecule has 1 aliphatic rings. The average molecular weight is 263 g/mol. The van der Waals surface area contributed by atoms with Gasteiger partial charge in [-0.3, -0.25) is 9.78 Å². The smallest absolute Gasteiger partial charge is 0.252 e.